The largest absolute Gasteiger partial charge is 0.457 e. The first kappa shape index (κ1) is 13.6. The minimum atomic E-state index is -0.915. The van der Waals surface area contributed by atoms with Gasteiger partial charge in [0, 0.05) is 0 Å². The summed E-state index contributed by atoms with van der Waals surface area (Å²) in [6, 6.07) is 10.4. The highest BCUT2D eigenvalue weighted by molar-refractivity contribution is 5.43. The molecule has 0 fully saturated rings. The molecule has 2 nitrogen and oxygen atoms in total. The van der Waals surface area contributed by atoms with Gasteiger partial charge >= 0.3 is 0 Å². The van der Waals surface area contributed by atoms with Crippen molar-refractivity contribution in [2.24, 2.45) is 0 Å². The molecular weight excluding hydrogens is 243 g/mol. The first-order valence-corrected chi connectivity index (χ1v) is 6.20. The van der Waals surface area contributed by atoms with Crippen LogP contribution in [0.1, 0.15) is 29.7 Å². The van der Waals surface area contributed by atoms with Gasteiger partial charge in [-0.25, -0.2) is 4.39 Å². The van der Waals surface area contributed by atoms with Crippen LogP contribution in [0, 0.1) is 19.7 Å². The predicted octanol–water partition coefficient (Wildman–Crippen LogP) is 4.29. The fourth-order valence-corrected chi connectivity index (χ4v) is 1.95. The lowest BCUT2D eigenvalue weighted by molar-refractivity contribution is 0.190. The monoisotopic (exact) mass is 260 g/mol. The lowest BCUT2D eigenvalue weighted by Gasteiger charge is -2.15. The molecule has 0 aromatic heterocycles. The Morgan fingerprint density at radius 2 is 1.84 bits per heavy atom. The van der Waals surface area contributed by atoms with Gasteiger partial charge < -0.3 is 9.84 Å². The van der Waals surface area contributed by atoms with Crippen LogP contribution in [0.15, 0.2) is 36.4 Å². The molecule has 1 N–H and O–H groups in total. The molecule has 0 spiro atoms. The van der Waals surface area contributed by atoms with Gasteiger partial charge in [0.05, 0.1) is 11.7 Å². The fraction of sp³-hybridized carbons (Fsp3) is 0.250. The lowest BCUT2D eigenvalue weighted by atomic mass is 10.1. The molecule has 19 heavy (non-hydrogen) atoms. The first-order chi connectivity index (χ1) is 8.99. The minimum Gasteiger partial charge on any atom is -0.457 e. The average Bonchev–Trinajstić information content (AvgIpc) is 2.33. The third kappa shape index (κ3) is 2.93. The van der Waals surface area contributed by atoms with Crippen molar-refractivity contribution in [2.75, 3.05) is 0 Å². The Bertz CT molecular complexity index is 591. The van der Waals surface area contributed by atoms with E-state index in [0.717, 1.165) is 11.1 Å². The highest BCUT2D eigenvalue weighted by Gasteiger charge is 2.15. The smallest absolute Gasteiger partial charge is 0.136 e. The molecule has 3 heteroatoms. The van der Waals surface area contributed by atoms with Crippen molar-refractivity contribution in [3.05, 3.63) is 58.9 Å². The molecule has 0 radical (unpaired) electrons. The van der Waals surface area contributed by atoms with Gasteiger partial charge in [-0.1, -0.05) is 18.2 Å². The Hall–Kier alpha value is -1.87. The molecule has 1 atom stereocenters. The van der Waals surface area contributed by atoms with E-state index in [9.17, 15) is 9.50 Å². The van der Waals surface area contributed by atoms with Gasteiger partial charge in [-0.05, 0) is 50.1 Å². The van der Waals surface area contributed by atoms with Gasteiger partial charge in [-0.2, -0.15) is 0 Å². The van der Waals surface area contributed by atoms with Crippen LogP contribution in [0.2, 0.25) is 0 Å². The number of aliphatic hydroxyl groups excluding tert-OH is 1. The van der Waals surface area contributed by atoms with Crippen LogP contribution < -0.4 is 4.74 Å². The lowest BCUT2D eigenvalue weighted by Crippen LogP contribution is -2.00. The minimum absolute atomic E-state index is 0.184. The van der Waals surface area contributed by atoms with Crippen molar-refractivity contribution in [1.29, 1.82) is 0 Å². The van der Waals surface area contributed by atoms with Gasteiger partial charge in [-0.15, -0.1) is 0 Å². The molecule has 0 saturated carbocycles. The Morgan fingerprint density at radius 3 is 2.53 bits per heavy atom. The van der Waals surface area contributed by atoms with Crippen LogP contribution in [-0.4, -0.2) is 5.11 Å². The van der Waals surface area contributed by atoms with E-state index in [-0.39, 0.29) is 5.56 Å². The number of hydrogen-bond donors (Lipinski definition) is 1. The molecule has 0 bridgehead atoms. The SMILES string of the molecule is Cc1ccc(C)c(Oc2cccc(F)c2C(C)O)c1. The molecule has 0 aliphatic rings. The average molecular weight is 260 g/mol. The topological polar surface area (TPSA) is 29.5 Å². The Morgan fingerprint density at radius 1 is 1.11 bits per heavy atom. The van der Waals surface area contributed by atoms with Crippen molar-refractivity contribution in [1.82, 2.24) is 0 Å². The summed E-state index contributed by atoms with van der Waals surface area (Å²) < 4.78 is 19.5. The Kier molecular flexibility index (Phi) is 3.86. The van der Waals surface area contributed by atoms with E-state index in [1.54, 1.807) is 12.1 Å². The molecule has 0 heterocycles. The highest BCUT2D eigenvalue weighted by atomic mass is 19.1. The highest BCUT2D eigenvalue weighted by Crippen LogP contribution is 2.33. The second-order valence-electron chi connectivity index (χ2n) is 4.70. The predicted molar refractivity (Wildman–Crippen MR) is 73.0 cm³/mol. The zero-order chi connectivity index (χ0) is 14.0. The molecule has 2 aromatic carbocycles. The molecule has 0 saturated heterocycles. The quantitative estimate of drug-likeness (QED) is 0.892. The number of ether oxygens (including phenoxy) is 1. The standard InChI is InChI=1S/C16H17FO2/c1-10-7-8-11(2)15(9-10)19-14-6-4-5-13(17)16(14)12(3)18/h4-9,12,18H,1-3H3. The van der Waals surface area contributed by atoms with Crippen molar-refractivity contribution >= 4 is 0 Å². The normalized spacial score (nSPS) is 12.3. The fourth-order valence-electron chi connectivity index (χ4n) is 1.95. The third-order valence-electron chi connectivity index (χ3n) is 2.99. The van der Waals surface area contributed by atoms with Crippen LogP contribution in [-0.2, 0) is 0 Å². The van der Waals surface area contributed by atoms with Crippen molar-refractivity contribution < 1.29 is 14.2 Å². The summed E-state index contributed by atoms with van der Waals surface area (Å²) >= 11 is 0. The van der Waals surface area contributed by atoms with Gasteiger partial charge in [0.2, 0.25) is 0 Å². The molecule has 2 aromatic rings. The number of hydrogen-bond acceptors (Lipinski definition) is 2. The molecule has 1 unspecified atom stereocenters. The molecule has 100 valence electrons. The van der Waals surface area contributed by atoms with Gasteiger partial charge in [0.1, 0.15) is 17.3 Å². The third-order valence-corrected chi connectivity index (χ3v) is 2.99. The van der Waals surface area contributed by atoms with E-state index in [2.05, 4.69) is 0 Å². The number of halogens is 1. The van der Waals surface area contributed by atoms with Crippen LogP contribution in [0.25, 0.3) is 0 Å². The summed E-state index contributed by atoms with van der Waals surface area (Å²) in [6.45, 7) is 5.41. The van der Waals surface area contributed by atoms with E-state index in [1.165, 1.54) is 13.0 Å². The van der Waals surface area contributed by atoms with Crippen molar-refractivity contribution in [3.8, 4) is 11.5 Å². The maximum atomic E-state index is 13.7. The van der Waals surface area contributed by atoms with Gasteiger partial charge in [0.25, 0.3) is 0 Å². The molecule has 0 amide bonds. The van der Waals surface area contributed by atoms with E-state index in [4.69, 9.17) is 4.74 Å². The first-order valence-electron chi connectivity index (χ1n) is 6.20. The number of aryl methyl sites for hydroxylation is 2. The summed E-state index contributed by atoms with van der Waals surface area (Å²) in [5.41, 5.74) is 2.21. The van der Waals surface area contributed by atoms with Crippen LogP contribution in [0.5, 0.6) is 11.5 Å². The van der Waals surface area contributed by atoms with Crippen molar-refractivity contribution in [2.45, 2.75) is 26.9 Å². The van der Waals surface area contributed by atoms with E-state index in [1.807, 2.05) is 32.0 Å². The number of rotatable bonds is 3. The molecule has 0 aliphatic carbocycles. The second kappa shape index (κ2) is 5.41. The second-order valence-corrected chi connectivity index (χ2v) is 4.70. The maximum absolute atomic E-state index is 13.7. The maximum Gasteiger partial charge on any atom is 0.136 e. The molecular formula is C16H17FO2. The summed E-state index contributed by atoms with van der Waals surface area (Å²) in [4.78, 5) is 0. The summed E-state index contributed by atoms with van der Waals surface area (Å²) in [7, 11) is 0. The number of benzene rings is 2. The molecule has 0 aliphatic heterocycles. The van der Waals surface area contributed by atoms with Gasteiger partial charge in [0.15, 0.2) is 0 Å². The zero-order valence-corrected chi connectivity index (χ0v) is 11.3. The van der Waals surface area contributed by atoms with E-state index < -0.39 is 11.9 Å². The van der Waals surface area contributed by atoms with E-state index >= 15 is 0 Å². The van der Waals surface area contributed by atoms with E-state index in [0.29, 0.717) is 11.5 Å². The van der Waals surface area contributed by atoms with Gasteiger partial charge in [-0.3, -0.25) is 0 Å². The van der Waals surface area contributed by atoms with Crippen LogP contribution in [0.4, 0.5) is 4.39 Å². The summed E-state index contributed by atoms with van der Waals surface area (Å²) in [5, 5.41) is 9.67. The Labute approximate surface area is 112 Å². The van der Waals surface area contributed by atoms with Crippen LogP contribution in [0.3, 0.4) is 0 Å². The zero-order valence-electron chi connectivity index (χ0n) is 11.3. The van der Waals surface area contributed by atoms with Crippen molar-refractivity contribution in [3.63, 3.8) is 0 Å². The summed E-state index contributed by atoms with van der Waals surface area (Å²) in [6.07, 6.45) is -0.915. The van der Waals surface area contributed by atoms with Crippen LogP contribution >= 0.6 is 0 Å². The Balaban J connectivity index is 2.44. The molecule has 2 rings (SSSR count). The number of aliphatic hydroxyl groups is 1. The summed E-state index contributed by atoms with van der Waals surface area (Å²) in [5.74, 6) is 0.564.